The molecule has 0 unspecified atom stereocenters. The Kier molecular flexibility index (Phi) is 10.8. The van der Waals surface area contributed by atoms with Crippen LogP contribution in [0.1, 0.15) is 43.0 Å². The second-order valence-electron chi connectivity index (χ2n) is 23.6. The molecule has 0 fully saturated rings. The highest BCUT2D eigenvalue weighted by Crippen LogP contribution is 2.51. The molecule has 0 atom stereocenters. The van der Waals surface area contributed by atoms with Crippen molar-refractivity contribution in [2.24, 2.45) is 0 Å². The van der Waals surface area contributed by atoms with Gasteiger partial charge >= 0.3 is 0 Å². The number of para-hydroxylation sites is 4. The predicted molar refractivity (Wildman–Crippen MR) is 349 cm³/mol. The largest absolute Gasteiger partial charge is 0.309 e. The van der Waals surface area contributed by atoms with E-state index in [-0.39, 0.29) is 5.41 Å². The Morgan fingerprint density at radius 2 is 0.771 bits per heavy atom. The molecular weight excluding hydrogens is 1010 g/mol. The van der Waals surface area contributed by atoms with Crippen molar-refractivity contribution < 1.29 is 0 Å². The second-order valence-corrected chi connectivity index (χ2v) is 23.6. The quantitative estimate of drug-likeness (QED) is 0.160. The first kappa shape index (κ1) is 48.6. The Morgan fingerprint density at radius 1 is 0.325 bits per heavy atom. The van der Waals surface area contributed by atoms with E-state index >= 15 is 0 Å². The van der Waals surface area contributed by atoms with Gasteiger partial charge in [0.2, 0.25) is 0 Å². The lowest BCUT2D eigenvalue weighted by Crippen LogP contribution is -2.14. The molecule has 6 aromatic heterocycles. The van der Waals surface area contributed by atoms with Crippen LogP contribution in [-0.4, -0.2) is 28.2 Å². The number of rotatable bonds is 7. The Bertz CT molecular complexity index is 5350. The number of aromatic nitrogens is 6. The van der Waals surface area contributed by atoms with Crippen molar-refractivity contribution in [3.05, 3.63) is 265 Å². The number of nitrogens with zero attached hydrogens (tertiary/aromatic N) is 6. The molecule has 83 heavy (non-hydrogen) atoms. The molecule has 0 bridgehead atoms. The zero-order valence-corrected chi connectivity index (χ0v) is 47.3. The van der Waals surface area contributed by atoms with E-state index in [1.807, 2.05) is 18.5 Å². The summed E-state index contributed by atoms with van der Waals surface area (Å²) in [5.74, 6) is 1.63. The van der Waals surface area contributed by atoms with Crippen molar-refractivity contribution in [1.29, 1.82) is 0 Å². The van der Waals surface area contributed by atoms with Crippen LogP contribution in [0.15, 0.2) is 243 Å². The van der Waals surface area contributed by atoms with Gasteiger partial charge in [-0.05, 0) is 139 Å². The van der Waals surface area contributed by atoms with Crippen molar-refractivity contribution in [3.63, 3.8) is 0 Å². The summed E-state index contributed by atoms with van der Waals surface area (Å²) in [5, 5.41) is 9.51. The first-order valence-electron chi connectivity index (χ1n) is 28.8. The van der Waals surface area contributed by atoms with Crippen molar-refractivity contribution >= 4 is 87.2 Å². The number of hydrogen-bond donors (Lipinski definition) is 0. The van der Waals surface area contributed by atoms with E-state index < -0.39 is 0 Å². The molecule has 396 valence electrons. The first-order chi connectivity index (χ1) is 40.6. The average molecular weight is 1070 g/mol. The summed E-state index contributed by atoms with van der Waals surface area (Å²) in [6.45, 7) is 13.5. The van der Waals surface area contributed by atoms with E-state index in [1.165, 1.54) is 65.3 Å². The van der Waals surface area contributed by atoms with Gasteiger partial charge in [-0.3, -0.25) is 14.1 Å². The summed E-state index contributed by atoms with van der Waals surface area (Å²) in [6.07, 6.45) is 3.87. The summed E-state index contributed by atoms with van der Waals surface area (Å²) in [5.41, 5.74) is 21.9. The summed E-state index contributed by atoms with van der Waals surface area (Å²) in [7, 11) is 0. The van der Waals surface area contributed by atoms with Gasteiger partial charge in [-0.15, -0.1) is 0 Å². The Morgan fingerprint density at radius 3 is 1.33 bits per heavy atom. The molecule has 0 aliphatic heterocycles. The molecule has 6 heteroatoms. The monoisotopic (exact) mass is 1070 g/mol. The molecule has 0 N–H and O–H groups in total. The first-order valence-corrected chi connectivity index (χ1v) is 28.8. The highest BCUT2D eigenvalue weighted by Gasteiger charge is 2.32. The van der Waals surface area contributed by atoms with Crippen molar-refractivity contribution in [3.8, 4) is 56.4 Å². The third-order valence-electron chi connectivity index (χ3n) is 17.4. The van der Waals surface area contributed by atoms with Crippen LogP contribution in [0.3, 0.4) is 0 Å². The summed E-state index contributed by atoms with van der Waals surface area (Å²) >= 11 is 0. The fourth-order valence-electron chi connectivity index (χ4n) is 13.6. The van der Waals surface area contributed by atoms with Gasteiger partial charge < -0.3 is 9.13 Å². The smallest absolute Gasteiger partial charge is 0.165 e. The SMILES string of the molecule is Cc1ccc2c(c1)c1ccccc1n2-c1nc(-n2c3ccccc3c3cc(C)ccc32)c(-n2c3ccccc3c3cc(C)ccc32)c(-c2ccccc2-c2cccnc2)c1-c1cccc(-n2c3ccccc3c3cc(C(C)(C)C)ccc32)c1. The molecule has 16 rings (SSSR count). The van der Waals surface area contributed by atoms with Crippen molar-refractivity contribution in [2.45, 2.75) is 47.0 Å². The van der Waals surface area contributed by atoms with E-state index in [1.54, 1.807) is 0 Å². The van der Waals surface area contributed by atoms with Crippen LogP contribution in [0.2, 0.25) is 0 Å². The average Bonchev–Trinajstić information content (AvgIpc) is 2.79. The maximum absolute atomic E-state index is 6.47. The normalized spacial score (nSPS) is 12.2. The molecule has 16 aromatic rings. The minimum absolute atomic E-state index is 0.0219. The molecule has 10 aromatic carbocycles. The van der Waals surface area contributed by atoms with Gasteiger partial charge in [0.05, 0.1) is 49.8 Å². The van der Waals surface area contributed by atoms with Crippen LogP contribution < -0.4 is 0 Å². The van der Waals surface area contributed by atoms with E-state index in [0.717, 1.165) is 101 Å². The molecule has 0 aliphatic rings. The number of hydrogen-bond acceptors (Lipinski definition) is 2. The second kappa shape index (κ2) is 18.4. The third-order valence-corrected chi connectivity index (χ3v) is 17.4. The number of pyridine rings is 2. The van der Waals surface area contributed by atoms with Gasteiger partial charge in [-0.25, -0.2) is 4.98 Å². The number of fused-ring (bicyclic) bond motifs is 12. The molecule has 6 nitrogen and oxygen atoms in total. The van der Waals surface area contributed by atoms with Crippen LogP contribution in [0.4, 0.5) is 0 Å². The molecular formula is C77H58N6. The predicted octanol–water partition coefficient (Wildman–Crippen LogP) is 20.1. The molecule has 0 aliphatic carbocycles. The van der Waals surface area contributed by atoms with Crippen LogP contribution in [0.25, 0.3) is 144 Å². The topological polar surface area (TPSA) is 45.5 Å². The molecule has 6 heterocycles. The summed E-state index contributed by atoms with van der Waals surface area (Å²) in [6, 6.07) is 85.7. The third kappa shape index (κ3) is 7.42. The Hall–Kier alpha value is -10.3. The highest BCUT2D eigenvalue weighted by molar-refractivity contribution is 6.16. The minimum Gasteiger partial charge on any atom is -0.309 e. The van der Waals surface area contributed by atoms with E-state index in [0.29, 0.717) is 0 Å². The lowest BCUT2D eigenvalue weighted by molar-refractivity contribution is 0.591. The lowest BCUT2D eigenvalue weighted by Gasteiger charge is -2.27. The lowest BCUT2D eigenvalue weighted by atomic mass is 9.86. The van der Waals surface area contributed by atoms with Crippen LogP contribution in [0.5, 0.6) is 0 Å². The van der Waals surface area contributed by atoms with Gasteiger partial charge in [0.15, 0.2) is 5.82 Å². The Balaban J connectivity index is 1.17. The van der Waals surface area contributed by atoms with Gasteiger partial charge in [0.1, 0.15) is 5.82 Å². The fourth-order valence-corrected chi connectivity index (χ4v) is 13.6. The van der Waals surface area contributed by atoms with Gasteiger partial charge in [-0.1, -0.05) is 177 Å². The van der Waals surface area contributed by atoms with Crippen molar-refractivity contribution in [2.75, 3.05) is 0 Å². The van der Waals surface area contributed by atoms with Crippen LogP contribution >= 0.6 is 0 Å². The van der Waals surface area contributed by atoms with Crippen molar-refractivity contribution in [1.82, 2.24) is 28.2 Å². The molecule has 0 amide bonds. The van der Waals surface area contributed by atoms with E-state index in [2.05, 4.69) is 284 Å². The van der Waals surface area contributed by atoms with Gasteiger partial charge in [-0.2, -0.15) is 0 Å². The van der Waals surface area contributed by atoms with Gasteiger partial charge in [0.25, 0.3) is 0 Å². The minimum atomic E-state index is -0.0219. The molecule has 0 saturated heterocycles. The van der Waals surface area contributed by atoms with Gasteiger partial charge in [0, 0.05) is 77.9 Å². The zero-order valence-electron chi connectivity index (χ0n) is 47.3. The number of aryl methyl sites for hydroxylation is 3. The van der Waals surface area contributed by atoms with E-state index in [4.69, 9.17) is 9.97 Å². The molecule has 0 spiro atoms. The van der Waals surface area contributed by atoms with Crippen LogP contribution in [0, 0.1) is 20.8 Å². The summed E-state index contributed by atoms with van der Waals surface area (Å²) in [4.78, 5) is 11.3. The van der Waals surface area contributed by atoms with Crippen LogP contribution in [-0.2, 0) is 5.41 Å². The fraction of sp³-hybridized carbons (Fsp3) is 0.0909. The molecule has 0 radical (unpaired) electrons. The Labute approximate surface area is 481 Å². The standard InChI is InChI=1S/C77H58N6/c1-47-32-36-69-60(41-47)55-23-10-14-29-65(55)81(69)74-73(59-27-8-7-22-54(59)51-20-18-40-78-46-51)72(50-19-17-21-53(44-50)80-64-28-13-9-26-58(64)63-45-52(77(4,5)6)35-39-68(63)80)75(82-66-30-15-11-24-56(66)61-42-48(2)33-37-70(61)82)79-76(74)83-67-31-16-12-25-57(67)62-43-49(3)34-38-71(62)83/h7-46H,1-6H3. The maximum atomic E-state index is 6.47. The number of benzene rings is 10. The van der Waals surface area contributed by atoms with E-state index in [9.17, 15) is 0 Å². The summed E-state index contributed by atoms with van der Waals surface area (Å²) < 4.78 is 9.90. The maximum Gasteiger partial charge on any atom is 0.165 e. The highest BCUT2D eigenvalue weighted by atomic mass is 15.2. The molecule has 0 saturated carbocycles. The zero-order chi connectivity index (χ0) is 55.8.